The van der Waals surface area contributed by atoms with Crippen LogP contribution in [0.1, 0.15) is 29.7 Å². The maximum atomic E-state index is 6.23. The number of benzene rings is 2. The summed E-state index contributed by atoms with van der Waals surface area (Å²) >= 11 is 6.23. The van der Waals surface area contributed by atoms with Gasteiger partial charge in [-0.05, 0) is 43.7 Å². The summed E-state index contributed by atoms with van der Waals surface area (Å²) < 4.78 is 11.1. The molecular weight excluding hydrogens is 286 g/mol. The van der Waals surface area contributed by atoms with Crippen LogP contribution >= 0.6 is 11.6 Å². The lowest BCUT2D eigenvalue weighted by molar-refractivity contribution is 0.296. The number of halogens is 1. The van der Waals surface area contributed by atoms with Crippen molar-refractivity contribution in [2.45, 2.75) is 26.5 Å². The normalized spacial score (nSPS) is 12.0. The second-order valence-corrected chi connectivity index (χ2v) is 5.49. The second-order valence-electron chi connectivity index (χ2n) is 5.08. The number of rotatable bonds is 5. The van der Waals surface area contributed by atoms with Crippen molar-refractivity contribution in [2.75, 3.05) is 7.11 Å². The molecule has 0 aliphatic heterocycles. The summed E-state index contributed by atoms with van der Waals surface area (Å²) in [6.45, 7) is 4.36. The summed E-state index contributed by atoms with van der Waals surface area (Å²) in [4.78, 5) is 0. The molecule has 4 heteroatoms. The Morgan fingerprint density at radius 2 is 1.86 bits per heavy atom. The first-order chi connectivity index (χ1) is 10.0. The van der Waals surface area contributed by atoms with E-state index in [1.54, 1.807) is 7.11 Å². The van der Waals surface area contributed by atoms with Crippen molar-refractivity contribution < 1.29 is 9.47 Å². The van der Waals surface area contributed by atoms with Gasteiger partial charge in [-0.3, -0.25) is 0 Å². The molecular formula is C17H20ClNO2. The maximum absolute atomic E-state index is 6.23. The number of nitrogens with two attached hydrogens (primary N) is 1. The Kier molecular flexibility index (Phi) is 5.10. The lowest BCUT2D eigenvalue weighted by atomic mass is 10.1. The molecule has 0 aromatic heterocycles. The van der Waals surface area contributed by atoms with Crippen molar-refractivity contribution in [3.8, 4) is 11.5 Å². The molecule has 0 saturated carbocycles. The summed E-state index contributed by atoms with van der Waals surface area (Å²) in [5, 5.41) is 0.566. The molecule has 0 aliphatic rings. The Hall–Kier alpha value is -1.71. The van der Waals surface area contributed by atoms with Gasteiger partial charge in [0.1, 0.15) is 18.1 Å². The summed E-state index contributed by atoms with van der Waals surface area (Å²) in [5.74, 6) is 1.45. The van der Waals surface area contributed by atoms with E-state index in [0.29, 0.717) is 17.4 Å². The molecule has 2 rings (SSSR count). The Balaban J connectivity index is 2.15. The topological polar surface area (TPSA) is 44.5 Å². The first kappa shape index (κ1) is 15.7. The zero-order chi connectivity index (χ0) is 15.4. The number of hydrogen-bond donors (Lipinski definition) is 1. The molecule has 3 nitrogen and oxygen atoms in total. The predicted molar refractivity (Wildman–Crippen MR) is 86.1 cm³/mol. The van der Waals surface area contributed by atoms with Crippen LogP contribution in [-0.4, -0.2) is 7.11 Å². The van der Waals surface area contributed by atoms with E-state index in [9.17, 15) is 0 Å². The van der Waals surface area contributed by atoms with Gasteiger partial charge in [0, 0.05) is 11.6 Å². The third kappa shape index (κ3) is 3.90. The van der Waals surface area contributed by atoms with Gasteiger partial charge in [0.05, 0.1) is 12.1 Å². The van der Waals surface area contributed by atoms with Crippen LogP contribution in [0.3, 0.4) is 0 Å². The summed E-state index contributed by atoms with van der Waals surface area (Å²) in [7, 11) is 1.65. The minimum absolute atomic E-state index is 0.0478. The van der Waals surface area contributed by atoms with Crippen molar-refractivity contribution in [3.05, 3.63) is 58.1 Å². The number of hydrogen-bond acceptors (Lipinski definition) is 3. The van der Waals surface area contributed by atoms with Gasteiger partial charge >= 0.3 is 0 Å². The average Bonchev–Trinajstić information content (AvgIpc) is 2.46. The van der Waals surface area contributed by atoms with Crippen molar-refractivity contribution in [2.24, 2.45) is 5.73 Å². The monoisotopic (exact) mass is 305 g/mol. The van der Waals surface area contributed by atoms with Crippen molar-refractivity contribution in [3.63, 3.8) is 0 Å². The van der Waals surface area contributed by atoms with E-state index in [4.69, 9.17) is 26.8 Å². The van der Waals surface area contributed by atoms with E-state index in [1.165, 1.54) is 0 Å². The summed E-state index contributed by atoms with van der Waals surface area (Å²) in [6.07, 6.45) is 0. The van der Waals surface area contributed by atoms with Gasteiger partial charge in [0.15, 0.2) is 0 Å². The molecule has 0 bridgehead atoms. The van der Waals surface area contributed by atoms with Gasteiger partial charge in [-0.15, -0.1) is 0 Å². The Labute approximate surface area is 130 Å². The fraction of sp³-hybridized carbons (Fsp3) is 0.294. The van der Waals surface area contributed by atoms with Crippen molar-refractivity contribution in [1.82, 2.24) is 0 Å². The molecule has 0 saturated heterocycles. The quantitative estimate of drug-likeness (QED) is 0.898. The first-order valence-corrected chi connectivity index (χ1v) is 7.20. The van der Waals surface area contributed by atoms with Crippen LogP contribution in [0.25, 0.3) is 0 Å². The molecule has 0 radical (unpaired) electrons. The predicted octanol–water partition coefficient (Wildman–Crippen LogP) is 4.26. The fourth-order valence-corrected chi connectivity index (χ4v) is 2.34. The van der Waals surface area contributed by atoms with Gasteiger partial charge in [-0.25, -0.2) is 0 Å². The van der Waals surface area contributed by atoms with Crippen LogP contribution < -0.4 is 15.2 Å². The highest BCUT2D eigenvalue weighted by atomic mass is 35.5. The molecule has 1 atom stereocenters. The number of aryl methyl sites for hydroxylation is 1. The highest BCUT2D eigenvalue weighted by molar-refractivity contribution is 6.32. The molecule has 112 valence electrons. The molecule has 2 aromatic carbocycles. The van der Waals surface area contributed by atoms with Gasteiger partial charge in [0.25, 0.3) is 0 Å². The van der Waals surface area contributed by atoms with Gasteiger partial charge in [-0.2, -0.15) is 0 Å². The second kappa shape index (κ2) is 6.83. The van der Waals surface area contributed by atoms with Crippen LogP contribution in [0.2, 0.25) is 5.02 Å². The van der Waals surface area contributed by atoms with Gasteiger partial charge < -0.3 is 15.2 Å². The minimum atomic E-state index is -0.0478. The highest BCUT2D eigenvalue weighted by Gasteiger charge is 2.08. The Morgan fingerprint density at radius 3 is 2.48 bits per heavy atom. The average molecular weight is 306 g/mol. The largest absolute Gasteiger partial charge is 0.496 e. The zero-order valence-electron chi connectivity index (χ0n) is 12.5. The lowest BCUT2D eigenvalue weighted by Crippen LogP contribution is -2.05. The molecule has 2 N–H and O–H groups in total. The van der Waals surface area contributed by atoms with Crippen LogP contribution in [0.5, 0.6) is 11.5 Å². The third-order valence-electron chi connectivity index (χ3n) is 3.30. The molecule has 0 amide bonds. The van der Waals surface area contributed by atoms with Crippen molar-refractivity contribution >= 4 is 11.6 Å². The molecule has 0 fully saturated rings. The van der Waals surface area contributed by atoms with Crippen LogP contribution in [0, 0.1) is 6.92 Å². The molecule has 2 aromatic rings. The van der Waals surface area contributed by atoms with Gasteiger partial charge in [-0.1, -0.05) is 29.3 Å². The first-order valence-electron chi connectivity index (χ1n) is 6.82. The minimum Gasteiger partial charge on any atom is -0.496 e. The molecule has 0 unspecified atom stereocenters. The zero-order valence-corrected chi connectivity index (χ0v) is 13.3. The molecule has 0 heterocycles. The SMILES string of the molecule is COc1ccc(C)cc1COc1ccc([C@@H](C)N)cc1Cl. The highest BCUT2D eigenvalue weighted by Crippen LogP contribution is 2.29. The van der Waals surface area contributed by atoms with Crippen LogP contribution in [0.4, 0.5) is 0 Å². The molecule has 21 heavy (non-hydrogen) atoms. The lowest BCUT2D eigenvalue weighted by Gasteiger charge is -2.13. The summed E-state index contributed by atoms with van der Waals surface area (Å²) in [5.41, 5.74) is 8.97. The standard InChI is InChI=1S/C17H20ClNO2/c1-11-4-6-16(20-3)14(8-11)10-21-17-7-5-13(12(2)19)9-15(17)18/h4-9,12H,10,19H2,1-3H3/t12-/m1/s1. The number of ether oxygens (including phenoxy) is 2. The van der Waals surface area contributed by atoms with Crippen molar-refractivity contribution in [1.29, 1.82) is 0 Å². The van der Waals surface area contributed by atoms with Crippen LogP contribution in [-0.2, 0) is 6.61 Å². The summed E-state index contributed by atoms with van der Waals surface area (Å²) in [6, 6.07) is 11.6. The van der Waals surface area contributed by atoms with Gasteiger partial charge in [0.2, 0.25) is 0 Å². The Bertz CT molecular complexity index is 626. The fourth-order valence-electron chi connectivity index (χ4n) is 2.09. The third-order valence-corrected chi connectivity index (χ3v) is 3.60. The number of methoxy groups -OCH3 is 1. The van der Waals surface area contributed by atoms with E-state index < -0.39 is 0 Å². The van der Waals surface area contributed by atoms with Crippen LogP contribution in [0.15, 0.2) is 36.4 Å². The molecule has 0 aliphatic carbocycles. The van der Waals surface area contributed by atoms with E-state index in [-0.39, 0.29) is 6.04 Å². The van der Waals surface area contributed by atoms with E-state index >= 15 is 0 Å². The van der Waals surface area contributed by atoms with E-state index in [1.807, 2.05) is 50.2 Å². The maximum Gasteiger partial charge on any atom is 0.138 e. The Morgan fingerprint density at radius 1 is 1.14 bits per heavy atom. The van der Waals surface area contributed by atoms with E-state index in [0.717, 1.165) is 22.4 Å². The smallest absolute Gasteiger partial charge is 0.138 e. The molecule has 0 spiro atoms. The van der Waals surface area contributed by atoms with E-state index in [2.05, 4.69) is 0 Å².